The fraction of sp³-hybridized carbons (Fsp3) is 0.214. The van der Waals surface area contributed by atoms with Crippen molar-refractivity contribution in [1.82, 2.24) is 0 Å². The lowest BCUT2D eigenvalue weighted by atomic mass is 9.86. The molecule has 1 aliphatic rings. The van der Waals surface area contributed by atoms with E-state index in [2.05, 4.69) is 20.8 Å². The van der Waals surface area contributed by atoms with Crippen LogP contribution in [0.15, 0.2) is 66.4 Å². The molecule has 174 valence electrons. The predicted octanol–water partition coefficient (Wildman–Crippen LogP) is 5.84. The summed E-state index contributed by atoms with van der Waals surface area (Å²) in [7, 11) is 2.93. The number of hydrogen-bond acceptors (Lipinski definition) is 6. The summed E-state index contributed by atoms with van der Waals surface area (Å²) in [5.74, 6) is 0.584. The van der Waals surface area contributed by atoms with Gasteiger partial charge in [0.1, 0.15) is 28.6 Å². The Labute approximate surface area is 198 Å². The van der Waals surface area contributed by atoms with Gasteiger partial charge in [-0.15, -0.1) is 0 Å². The normalized spacial score (nSPS) is 13.9. The van der Waals surface area contributed by atoms with Gasteiger partial charge < -0.3 is 18.9 Å². The van der Waals surface area contributed by atoms with E-state index >= 15 is 0 Å². The van der Waals surface area contributed by atoms with Crippen LogP contribution in [0.2, 0.25) is 0 Å². The molecule has 34 heavy (non-hydrogen) atoms. The van der Waals surface area contributed by atoms with Crippen LogP contribution in [0, 0.1) is 0 Å². The summed E-state index contributed by atoms with van der Waals surface area (Å²) in [6.45, 7) is 6.44. The summed E-state index contributed by atoms with van der Waals surface area (Å²) in [6, 6.07) is 17.7. The third kappa shape index (κ3) is 4.53. The number of fused-ring (bicyclic) bond motifs is 1. The van der Waals surface area contributed by atoms with E-state index in [0.717, 1.165) is 5.56 Å². The van der Waals surface area contributed by atoms with E-state index < -0.39 is 5.97 Å². The molecule has 6 heteroatoms. The zero-order chi connectivity index (χ0) is 24.5. The van der Waals surface area contributed by atoms with Crippen molar-refractivity contribution in [1.29, 1.82) is 0 Å². The number of Topliss-reactive ketones (excluding diaryl/α,β-unsaturated/α-hetero) is 1. The molecule has 0 amide bonds. The van der Waals surface area contributed by atoms with Crippen LogP contribution in [0.5, 0.6) is 23.0 Å². The first-order valence-electron chi connectivity index (χ1n) is 10.8. The van der Waals surface area contributed by atoms with E-state index in [1.165, 1.54) is 25.8 Å². The van der Waals surface area contributed by atoms with Crippen LogP contribution in [0.25, 0.3) is 6.08 Å². The van der Waals surface area contributed by atoms with Gasteiger partial charge in [0.2, 0.25) is 5.78 Å². The standard InChI is InChI=1S/C28H26O6/c1-28(2,3)18-11-9-17(10-12-18)15-24-26(29)20-14-13-19(16-23(20)34-24)33-27(30)25-21(31-4)7-6-8-22(25)32-5/h6-16H,1-5H3/b24-15-. The van der Waals surface area contributed by atoms with Crippen molar-refractivity contribution >= 4 is 17.8 Å². The van der Waals surface area contributed by atoms with Gasteiger partial charge in [-0.1, -0.05) is 51.1 Å². The summed E-state index contributed by atoms with van der Waals surface area (Å²) in [5, 5.41) is 0. The molecule has 0 fully saturated rings. The number of hydrogen-bond donors (Lipinski definition) is 0. The molecular formula is C28H26O6. The Morgan fingerprint density at radius 3 is 2.15 bits per heavy atom. The van der Waals surface area contributed by atoms with Gasteiger partial charge in [-0.2, -0.15) is 0 Å². The van der Waals surface area contributed by atoms with Gasteiger partial charge in [-0.3, -0.25) is 4.79 Å². The highest BCUT2D eigenvalue weighted by Crippen LogP contribution is 2.36. The molecule has 0 saturated heterocycles. The molecule has 3 aromatic rings. The minimum atomic E-state index is -0.645. The van der Waals surface area contributed by atoms with Crippen molar-refractivity contribution in [2.75, 3.05) is 14.2 Å². The molecule has 6 nitrogen and oxygen atoms in total. The SMILES string of the molecule is COc1cccc(OC)c1C(=O)Oc1ccc2c(c1)O/C(=C\c1ccc(C(C)(C)C)cc1)C2=O. The molecule has 0 radical (unpaired) electrons. The molecule has 1 aliphatic heterocycles. The maximum Gasteiger partial charge on any atom is 0.351 e. The average molecular weight is 459 g/mol. The fourth-order valence-corrected chi connectivity index (χ4v) is 3.67. The molecule has 0 N–H and O–H groups in total. The Balaban J connectivity index is 1.55. The van der Waals surface area contributed by atoms with Crippen LogP contribution in [0.4, 0.5) is 0 Å². The van der Waals surface area contributed by atoms with Gasteiger partial charge in [0.25, 0.3) is 0 Å². The zero-order valence-corrected chi connectivity index (χ0v) is 19.8. The van der Waals surface area contributed by atoms with Gasteiger partial charge >= 0.3 is 5.97 Å². The summed E-state index contributed by atoms with van der Waals surface area (Å²) in [6.07, 6.45) is 1.71. The number of carbonyl (C=O) groups excluding carboxylic acids is 2. The number of allylic oxidation sites excluding steroid dienone is 1. The van der Waals surface area contributed by atoms with Crippen LogP contribution >= 0.6 is 0 Å². The molecule has 0 unspecified atom stereocenters. The molecule has 0 aliphatic carbocycles. The molecule has 0 aromatic heterocycles. The predicted molar refractivity (Wildman–Crippen MR) is 129 cm³/mol. The van der Waals surface area contributed by atoms with Crippen LogP contribution in [-0.4, -0.2) is 26.0 Å². The molecule has 0 spiro atoms. The molecule has 1 heterocycles. The van der Waals surface area contributed by atoms with Gasteiger partial charge in [0, 0.05) is 6.07 Å². The number of ketones is 1. The quantitative estimate of drug-likeness (QED) is 0.272. The van der Waals surface area contributed by atoms with Gasteiger partial charge in [0.05, 0.1) is 19.8 Å². The highest BCUT2D eigenvalue weighted by atomic mass is 16.5. The molecule has 0 atom stereocenters. The van der Waals surface area contributed by atoms with Crippen LogP contribution in [-0.2, 0) is 5.41 Å². The number of benzene rings is 3. The van der Waals surface area contributed by atoms with Crippen molar-refractivity contribution in [3.05, 3.63) is 88.7 Å². The van der Waals surface area contributed by atoms with Crippen molar-refractivity contribution in [2.24, 2.45) is 0 Å². The first-order valence-corrected chi connectivity index (χ1v) is 10.8. The Morgan fingerprint density at radius 1 is 0.912 bits per heavy atom. The average Bonchev–Trinajstić information content (AvgIpc) is 3.12. The van der Waals surface area contributed by atoms with Crippen molar-refractivity contribution in [3.8, 4) is 23.0 Å². The number of ether oxygens (including phenoxy) is 4. The second-order valence-electron chi connectivity index (χ2n) is 8.90. The smallest absolute Gasteiger partial charge is 0.351 e. The Kier molecular flexibility index (Phi) is 6.16. The molecule has 3 aromatic carbocycles. The van der Waals surface area contributed by atoms with Crippen LogP contribution in [0.3, 0.4) is 0 Å². The summed E-state index contributed by atoms with van der Waals surface area (Å²) in [5.41, 5.74) is 2.69. The monoisotopic (exact) mass is 458 g/mol. The third-order valence-corrected chi connectivity index (χ3v) is 5.56. The highest BCUT2D eigenvalue weighted by Gasteiger charge is 2.29. The van der Waals surface area contributed by atoms with Crippen molar-refractivity contribution in [2.45, 2.75) is 26.2 Å². The minimum absolute atomic E-state index is 0.0448. The molecule has 0 saturated carbocycles. The second-order valence-corrected chi connectivity index (χ2v) is 8.90. The maximum atomic E-state index is 12.8. The maximum absolute atomic E-state index is 12.8. The zero-order valence-electron chi connectivity index (χ0n) is 19.8. The first-order chi connectivity index (χ1) is 16.2. The van der Waals surface area contributed by atoms with E-state index in [4.69, 9.17) is 18.9 Å². The lowest BCUT2D eigenvalue weighted by molar-refractivity contribution is 0.0727. The van der Waals surface area contributed by atoms with Gasteiger partial charge in [0.15, 0.2) is 5.76 Å². The number of esters is 1. The van der Waals surface area contributed by atoms with Crippen molar-refractivity contribution in [3.63, 3.8) is 0 Å². The molecular weight excluding hydrogens is 432 g/mol. The summed E-state index contributed by atoms with van der Waals surface area (Å²) >= 11 is 0. The van der Waals surface area contributed by atoms with E-state index in [0.29, 0.717) is 22.8 Å². The van der Waals surface area contributed by atoms with E-state index in [9.17, 15) is 9.59 Å². The largest absolute Gasteiger partial charge is 0.496 e. The molecule has 0 bridgehead atoms. The van der Waals surface area contributed by atoms with E-state index in [1.54, 1.807) is 36.4 Å². The molecule has 4 rings (SSSR count). The van der Waals surface area contributed by atoms with E-state index in [-0.39, 0.29) is 28.3 Å². The van der Waals surface area contributed by atoms with Gasteiger partial charge in [-0.05, 0) is 46.9 Å². The minimum Gasteiger partial charge on any atom is -0.496 e. The van der Waals surface area contributed by atoms with Crippen molar-refractivity contribution < 1.29 is 28.5 Å². The second kappa shape index (κ2) is 9.06. The fourth-order valence-electron chi connectivity index (χ4n) is 3.67. The summed E-state index contributed by atoms with van der Waals surface area (Å²) in [4.78, 5) is 25.7. The Bertz CT molecular complexity index is 1260. The number of rotatable bonds is 5. The lowest BCUT2D eigenvalue weighted by Gasteiger charge is -2.18. The van der Waals surface area contributed by atoms with E-state index in [1.807, 2.05) is 24.3 Å². The lowest BCUT2D eigenvalue weighted by Crippen LogP contribution is -2.12. The topological polar surface area (TPSA) is 71.1 Å². The Hall–Kier alpha value is -4.06. The number of methoxy groups -OCH3 is 2. The first kappa shape index (κ1) is 23.1. The van der Waals surface area contributed by atoms with Crippen LogP contribution < -0.4 is 18.9 Å². The Morgan fingerprint density at radius 2 is 1.56 bits per heavy atom. The third-order valence-electron chi connectivity index (χ3n) is 5.56. The van der Waals surface area contributed by atoms with Gasteiger partial charge in [-0.25, -0.2) is 4.79 Å². The highest BCUT2D eigenvalue weighted by molar-refractivity contribution is 6.14. The number of carbonyl (C=O) groups is 2. The van der Waals surface area contributed by atoms with Crippen LogP contribution in [0.1, 0.15) is 52.6 Å². The summed E-state index contributed by atoms with van der Waals surface area (Å²) < 4.78 is 21.9.